The first-order valence-electron chi connectivity index (χ1n) is 6.44. The molecule has 0 aliphatic carbocycles. The number of benzene rings is 1. The van der Waals surface area contributed by atoms with Crippen molar-refractivity contribution in [2.75, 3.05) is 14.2 Å². The first kappa shape index (κ1) is 14.4. The van der Waals surface area contributed by atoms with Gasteiger partial charge in [-0.25, -0.2) is 0 Å². The zero-order chi connectivity index (χ0) is 12.5. The van der Waals surface area contributed by atoms with Gasteiger partial charge < -0.3 is 8.85 Å². The van der Waals surface area contributed by atoms with Crippen LogP contribution >= 0.6 is 0 Å². The molecule has 0 saturated carbocycles. The number of hydrogen-bond donors (Lipinski definition) is 0. The third-order valence-electron chi connectivity index (χ3n) is 3.14. The van der Waals surface area contributed by atoms with E-state index in [2.05, 4.69) is 37.3 Å². The smallest absolute Gasteiger partial charge is 0.328 e. The lowest BCUT2D eigenvalue weighted by atomic mass is 10.1. The van der Waals surface area contributed by atoms with E-state index in [1.807, 2.05) is 0 Å². The first-order chi connectivity index (χ1) is 8.33. The van der Waals surface area contributed by atoms with Crippen molar-refractivity contribution in [3.8, 4) is 0 Å². The van der Waals surface area contributed by atoms with E-state index in [0.29, 0.717) is 5.54 Å². The SMILES string of the molecule is CCCCCC(c1ccccc1)[SiH](OC)OC. The van der Waals surface area contributed by atoms with Crippen LogP contribution in [0.3, 0.4) is 0 Å². The average Bonchev–Trinajstić information content (AvgIpc) is 2.39. The Bertz CT molecular complexity index is 286. The molecule has 0 bridgehead atoms. The zero-order valence-corrected chi connectivity index (χ0v) is 12.3. The molecule has 0 fully saturated rings. The summed E-state index contributed by atoms with van der Waals surface area (Å²) in [6, 6.07) is 10.6. The highest BCUT2D eigenvalue weighted by molar-refractivity contribution is 6.46. The molecule has 1 aromatic carbocycles. The fraction of sp³-hybridized carbons (Fsp3) is 0.571. The van der Waals surface area contributed by atoms with Crippen LogP contribution in [0.2, 0.25) is 0 Å². The number of hydrogen-bond acceptors (Lipinski definition) is 2. The van der Waals surface area contributed by atoms with Crippen LogP contribution in [0.5, 0.6) is 0 Å². The molecule has 0 aromatic heterocycles. The normalized spacial score (nSPS) is 12.9. The van der Waals surface area contributed by atoms with Crippen LogP contribution in [-0.4, -0.2) is 23.5 Å². The lowest BCUT2D eigenvalue weighted by molar-refractivity contribution is 0.263. The van der Waals surface area contributed by atoms with Crippen molar-refractivity contribution in [3.05, 3.63) is 35.9 Å². The van der Waals surface area contributed by atoms with Crippen LogP contribution in [0.15, 0.2) is 30.3 Å². The highest BCUT2D eigenvalue weighted by Crippen LogP contribution is 2.25. The Kier molecular flexibility index (Phi) is 7.16. The second-order valence-electron chi connectivity index (χ2n) is 4.35. The molecule has 0 spiro atoms. The standard InChI is InChI=1S/C14H24O2Si/c1-4-5-7-12-14(17(15-2)16-3)13-10-8-6-9-11-13/h6,8-11,14,17H,4-5,7,12H2,1-3H3. The van der Waals surface area contributed by atoms with E-state index in [-0.39, 0.29) is 0 Å². The van der Waals surface area contributed by atoms with E-state index in [0.717, 1.165) is 0 Å². The molecule has 17 heavy (non-hydrogen) atoms. The Labute approximate surface area is 107 Å². The topological polar surface area (TPSA) is 18.5 Å². The monoisotopic (exact) mass is 252 g/mol. The summed E-state index contributed by atoms with van der Waals surface area (Å²) in [6.07, 6.45) is 4.98. The quantitative estimate of drug-likeness (QED) is 0.521. The third kappa shape index (κ3) is 4.62. The highest BCUT2D eigenvalue weighted by atomic mass is 28.3. The molecule has 0 heterocycles. The fourth-order valence-corrected chi connectivity index (χ4v) is 4.09. The molecule has 3 heteroatoms. The van der Waals surface area contributed by atoms with E-state index < -0.39 is 9.28 Å². The lowest BCUT2D eigenvalue weighted by Gasteiger charge is -2.23. The van der Waals surface area contributed by atoms with Gasteiger partial charge in [0.1, 0.15) is 0 Å². The predicted molar refractivity (Wildman–Crippen MR) is 74.5 cm³/mol. The second-order valence-corrected chi connectivity index (χ2v) is 6.84. The van der Waals surface area contributed by atoms with Gasteiger partial charge in [-0.1, -0.05) is 56.5 Å². The van der Waals surface area contributed by atoms with Crippen LogP contribution in [0, 0.1) is 0 Å². The van der Waals surface area contributed by atoms with E-state index >= 15 is 0 Å². The summed E-state index contributed by atoms with van der Waals surface area (Å²) in [4.78, 5) is 0. The van der Waals surface area contributed by atoms with Crippen LogP contribution in [-0.2, 0) is 8.85 Å². The molecule has 96 valence electrons. The van der Waals surface area contributed by atoms with Gasteiger partial charge >= 0.3 is 9.28 Å². The molecule has 1 atom stereocenters. The summed E-state index contributed by atoms with van der Waals surface area (Å²) in [6.45, 7) is 2.24. The minimum Gasteiger partial charge on any atom is -0.400 e. The van der Waals surface area contributed by atoms with E-state index in [4.69, 9.17) is 8.85 Å². The van der Waals surface area contributed by atoms with Crippen LogP contribution in [0.1, 0.15) is 43.7 Å². The van der Waals surface area contributed by atoms with Gasteiger partial charge in [0.25, 0.3) is 0 Å². The first-order valence-corrected chi connectivity index (χ1v) is 8.05. The van der Waals surface area contributed by atoms with Crippen LogP contribution in [0.4, 0.5) is 0 Å². The third-order valence-corrected chi connectivity index (χ3v) is 5.44. The van der Waals surface area contributed by atoms with Crippen LogP contribution in [0.25, 0.3) is 0 Å². The maximum Gasteiger partial charge on any atom is 0.328 e. The summed E-state index contributed by atoms with van der Waals surface area (Å²) in [5.41, 5.74) is 1.83. The molecular formula is C14H24O2Si. The van der Waals surface area contributed by atoms with Gasteiger partial charge in [-0.15, -0.1) is 0 Å². The van der Waals surface area contributed by atoms with E-state index in [1.165, 1.54) is 31.2 Å². The zero-order valence-electron chi connectivity index (χ0n) is 11.2. The fourth-order valence-electron chi connectivity index (χ4n) is 2.20. The maximum atomic E-state index is 5.56. The molecule has 0 aliphatic heterocycles. The van der Waals surface area contributed by atoms with Crippen molar-refractivity contribution >= 4 is 9.28 Å². The molecule has 0 amide bonds. The summed E-state index contributed by atoms with van der Waals surface area (Å²) in [5.74, 6) is 0. The van der Waals surface area contributed by atoms with Crippen molar-refractivity contribution in [2.24, 2.45) is 0 Å². The van der Waals surface area contributed by atoms with Crippen molar-refractivity contribution in [3.63, 3.8) is 0 Å². The average molecular weight is 252 g/mol. The minimum atomic E-state index is -1.58. The van der Waals surface area contributed by atoms with Gasteiger partial charge in [0.2, 0.25) is 0 Å². The van der Waals surface area contributed by atoms with Crippen molar-refractivity contribution in [1.82, 2.24) is 0 Å². The second kappa shape index (κ2) is 8.45. The molecule has 0 saturated heterocycles. The van der Waals surface area contributed by atoms with Gasteiger partial charge in [-0.05, 0) is 12.0 Å². The molecular weight excluding hydrogens is 228 g/mol. The molecule has 0 N–H and O–H groups in total. The Balaban J connectivity index is 2.71. The Morgan fingerprint density at radius 3 is 2.24 bits per heavy atom. The lowest BCUT2D eigenvalue weighted by Crippen LogP contribution is -2.29. The van der Waals surface area contributed by atoms with Crippen molar-refractivity contribution in [2.45, 2.75) is 38.1 Å². The van der Waals surface area contributed by atoms with Crippen LogP contribution < -0.4 is 0 Å². The molecule has 1 rings (SSSR count). The number of rotatable bonds is 8. The van der Waals surface area contributed by atoms with E-state index in [9.17, 15) is 0 Å². The summed E-state index contributed by atoms with van der Waals surface area (Å²) in [7, 11) is 1.97. The maximum absolute atomic E-state index is 5.56. The summed E-state index contributed by atoms with van der Waals surface area (Å²) in [5, 5.41) is 0. The largest absolute Gasteiger partial charge is 0.400 e. The molecule has 2 nitrogen and oxygen atoms in total. The van der Waals surface area contributed by atoms with Gasteiger partial charge in [-0.2, -0.15) is 0 Å². The van der Waals surface area contributed by atoms with Gasteiger partial charge in [0, 0.05) is 19.8 Å². The molecule has 0 radical (unpaired) electrons. The Morgan fingerprint density at radius 2 is 1.71 bits per heavy atom. The molecule has 1 aromatic rings. The highest BCUT2D eigenvalue weighted by Gasteiger charge is 2.25. The van der Waals surface area contributed by atoms with Gasteiger partial charge in [0.05, 0.1) is 0 Å². The summed E-state index contributed by atoms with van der Waals surface area (Å²) < 4.78 is 11.1. The Morgan fingerprint density at radius 1 is 1.06 bits per heavy atom. The van der Waals surface area contributed by atoms with Gasteiger partial charge in [0.15, 0.2) is 0 Å². The predicted octanol–water partition coefficient (Wildman–Crippen LogP) is 3.40. The minimum absolute atomic E-state index is 0.470. The van der Waals surface area contributed by atoms with E-state index in [1.54, 1.807) is 14.2 Å². The molecule has 0 aliphatic rings. The molecule has 1 unspecified atom stereocenters. The summed E-state index contributed by atoms with van der Waals surface area (Å²) >= 11 is 0. The Hall–Kier alpha value is -0.643. The van der Waals surface area contributed by atoms with Gasteiger partial charge in [-0.3, -0.25) is 0 Å². The number of unbranched alkanes of at least 4 members (excludes halogenated alkanes) is 2. The van der Waals surface area contributed by atoms with Crippen molar-refractivity contribution < 1.29 is 8.85 Å². The van der Waals surface area contributed by atoms with Crippen molar-refractivity contribution in [1.29, 1.82) is 0 Å².